The maximum Gasteiger partial charge on any atom is 0.406 e. The lowest BCUT2D eigenvalue weighted by Crippen LogP contribution is -2.33. The fourth-order valence-electron chi connectivity index (χ4n) is 5.00. The predicted molar refractivity (Wildman–Crippen MR) is 160 cm³/mol. The minimum atomic E-state index is -3.68. The van der Waals surface area contributed by atoms with Gasteiger partial charge in [-0.2, -0.15) is 0 Å². The monoisotopic (exact) mass is 615 g/mol. The molecular weight excluding hydrogens is 577 g/mol. The number of non-ortho nitro benzene ring substituents is 1. The molecule has 0 aromatic heterocycles. The number of nitrogens with one attached hydrogen (secondary N) is 2. The minimum absolute atomic E-state index is 0.0631. The molecule has 43 heavy (non-hydrogen) atoms. The van der Waals surface area contributed by atoms with Crippen molar-refractivity contribution in [3.05, 3.63) is 98.4 Å². The quantitative estimate of drug-likeness (QED) is 0.107. The first-order chi connectivity index (χ1) is 20.6. The highest BCUT2D eigenvalue weighted by molar-refractivity contribution is 7.51. The molecule has 2 atom stereocenters. The van der Waals surface area contributed by atoms with Gasteiger partial charge in [-0.15, -0.1) is 0 Å². The van der Waals surface area contributed by atoms with Crippen LogP contribution in [-0.4, -0.2) is 43.8 Å². The number of dihydropyridines is 1. The van der Waals surface area contributed by atoms with Crippen molar-refractivity contribution >= 4 is 25.4 Å². The van der Waals surface area contributed by atoms with E-state index in [-0.39, 0.29) is 43.1 Å². The lowest BCUT2D eigenvalue weighted by Gasteiger charge is -2.32. The second-order valence-corrected chi connectivity index (χ2v) is 11.3. The van der Waals surface area contributed by atoms with Crippen molar-refractivity contribution in [3.63, 3.8) is 0 Å². The molecule has 1 aliphatic heterocycles. The summed E-state index contributed by atoms with van der Waals surface area (Å²) in [4.78, 5) is 37.7. The van der Waals surface area contributed by atoms with E-state index >= 15 is 0 Å². The number of esters is 2. The van der Waals surface area contributed by atoms with E-state index < -0.39 is 36.6 Å². The number of hydrogen-bond acceptors (Lipinski definition) is 10. The average Bonchev–Trinajstić information content (AvgIpc) is 2.99. The van der Waals surface area contributed by atoms with E-state index in [9.17, 15) is 24.3 Å². The highest BCUT2D eigenvalue weighted by atomic mass is 31.2. The summed E-state index contributed by atoms with van der Waals surface area (Å²) >= 11 is 0. The number of methoxy groups -OCH3 is 1. The van der Waals surface area contributed by atoms with Gasteiger partial charge in [0.25, 0.3) is 5.69 Å². The predicted octanol–water partition coefficient (Wildman–Crippen LogP) is 5.84. The van der Waals surface area contributed by atoms with Crippen LogP contribution in [0.3, 0.4) is 0 Å². The Morgan fingerprint density at radius 2 is 1.67 bits per heavy atom. The topological polar surface area (TPSA) is 155 Å². The van der Waals surface area contributed by atoms with Crippen LogP contribution in [0, 0.1) is 10.1 Å². The Bertz CT molecular complexity index is 1410. The molecule has 0 amide bonds. The largest absolute Gasteiger partial charge is 0.466 e. The van der Waals surface area contributed by atoms with E-state index in [0.29, 0.717) is 23.4 Å². The molecule has 2 aromatic rings. The van der Waals surface area contributed by atoms with Crippen LogP contribution in [0.2, 0.25) is 0 Å². The standard InChI is InChI=1S/C30H38N3O9P/c1-6-40-30(35)28-25(18-17-24(21-13-10-9-11-14-21)32-43(38,41-7-2)42-8-3)31-20(4)26(29(34)39-5)27(28)22-15-12-16-23(19-22)33(36)37/h9-16,19,24,27,31H,6-8,17-18H2,1-5H3,(H,32,38). The lowest BCUT2D eigenvalue weighted by atomic mass is 9.79. The first-order valence-corrected chi connectivity index (χ1v) is 15.6. The smallest absolute Gasteiger partial charge is 0.406 e. The number of nitro groups is 1. The van der Waals surface area contributed by atoms with Gasteiger partial charge >= 0.3 is 19.7 Å². The minimum Gasteiger partial charge on any atom is -0.466 e. The zero-order valence-corrected chi connectivity index (χ0v) is 25.8. The van der Waals surface area contributed by atoms with Crippen LogP contribution in [-0.2, 0) is 32.7 Å². The number of allylic oxidation sites excluding steroid dienone is 2. The summed E-state index contributed by atoms with van der Waals surface area (Å²) in [5, 5.41) is 17.9. The number of carbonyl (C=O) groups is 2. The Morgan fingerprint density at radius 3 is 2.26 bits per heavy atom. The second kappa shape index (κ2) is 15.6. The first-order valence-electron chi connectivity index (χ1n) is 14.0. The summed E-state index contributed by atoms with van der Waals surface area (Å²) in [5.74, 6) is -2.39. The third-order valence-electron chi connectivity index (χ3n) is 6.76. The fourth-order valence-corrected chi connectivity index (χ4v) is 6.56. The van der Waals surface area contributed by atoms with E-state index in [0.717, 1.165) is 5.56 Å². The lowest BCUT2D eigenvalue weighted by molar-refractivity contribution is -0.384. The van der Waals surface area contributed by atoms with Crippen LogP contribution in [0.4, 0.5) is 5.69 Å². The molecule has 3 rings (SSSR count). The van der Waals surface area contributed by atoms with Gasteiger partial charge in [-0.25, -0.2) is 19.2 Å². The molecule has 13 heteroatoms. The third-order valence-corrected chi connectivity index (χ3v) is 8.58. The second-order valence-electron chi connectivity index (χ2n) is 9.52. The molecule has 1 aliphatic rings. The normalized spacial score (nSPS) is 16.0. The Labute approximate surface area is 251 Å². The molecule has 12 nitrogen and oxygen atoms in total. The molecule has 0 radical (unpaired) electrons. The van der Waals surface area contributed by atoms with Crippen LogP contribution < -0.4 is 10.4 Å². The van der Waals surface area contributed by atoms with E-state index in [2.05, 4.69) is 10.4 Å². The van der Waals surface area contributed by atoms with E-state index in [4.69, 9.17) is 18.5 Å². The molecule has 0 fully saturated rings. The summed E-state index contributed by atoms with van der Waals surface area (Å²) in [6.07, 6.45) is 0.554. The van der Waals surface area contributed by atoms with Crippen molar-refractivity contribution in [1.29, 1.82) is 0 Å². The van der Waals surface area contributed by atoms with Crippen LogP contribution >= 0.6 is 7.75 Å². The molecule has 0 saturated heterocycles. The average molecular weight is 616 g/mol. The summed E-state index contributed by atoms with van der Waals surface area (Å²) in [5.41, 5.74) is 2.09. The Balaban J connectivity index is 2.14. The zero-order valence-electron chi connectivity index (χ0n) is 25.0. The van der Waals surface area contributed by atoms with Crippen LogP contribution in [0.15, 0.2) is 77.1 Å². The van der Waals surface area contributed by atoms with Gasteiger partial charge in [0.05, 0.1) is 48.9 Å². The number of hydrogen-bond donors (Lipinski definition) is 2. The van der Waals surface area contributed by atoms with Crippen LogP contribution in [0.5, 0.6) is 0 Å². The maximum absolute atomic E-state index is 13.6. The number of ether oxygens (including phenoxy) is 2. The van der Waals surface area contributed by atoms with Gasteiger partial charge in [-0.1, -0.05) is 42.5 Å². The van der Waals surface area contributed by atoms with Gasteiger partial charge in [-0.3, -0.25) is 19.2 Å². The maximum atomic E-state index is 13.6. The molecular formula is C30H38N3O9P. The zero-order chi connectivity index (χ0) is 31.6. The van der Waals surface area contributed by atoms with E-state index in [1.54, 1.807) is 33.8 Å². The van der Waals surface area contributed by atoms with Crippen molar-refractivity contribution in [2.75, 3.05) is 26.9 Å². The van der Waals surface area contributed by atoms with Crippen LogP contribution in [0.1, 0.15) is 63.6 Å². The van der Waals surface area contributed by atoms with Gasteiger partial charge in [0, 0.05) is 29.6 Å². The molecule has 0 saturated carbocycles. The molecule has 232 valence electrons. The van der Waals surface area contributed by atoms with Gasteiger partial charge in [0.2, 0.25) is 0 Å². The summed E-state index contributed by atoms with van der Waals surface area (Å²) < 4.78 is 34.9. The fraction of sp³-hybridized carbons (Fsp3) is 0.400. The molecule has 2 unspecified atom stereocenters. The van der Waals surface area contributed by atoms with E-state index in [1.165, 1.54) is 25.3 Å². The van der Waals surface area contributed by atoms with Crippen molar-refractivity contribution in [1.82, 2.24) is 10.4 Å². The SMILES string of the molecule is CCOC(=O)C1=C(CCC(NP(=O)(OCC)OCC)c2ccccc2)NC(C)=C(C(=O)OC)C1c1cccc([N+](=O)[O-])c1. The van der Waals surface area contributed by atoms with Gasteiger partial charge in [0.15, 0.2) is 0 Å². The molecule has 0 aliphatic carbocycles. The van der Waals surface area contributed by atoms with Crippen molar-refractivity contribution in [3.8, 4) is 0 Å². The molecule has 0 spiro atoms. The van der Waals surface area contributed by atoms with Crippen molar-refractivity contribution < 1.29 is 37.6 Å². The third kappa shape index (κ3) is 8.39. The summed E-state index contributed by atoms with van der Waals surface area (Å²) in [6.45, 7) is 7.16. The number of nitrogens with zero attached hydrogens (tertiary/aromatic N) is 1. The van der Waals surface area contributed by atoms with Gasteiger partial charge < -0.3 is 14.8 Å². The Kier molecular flexibility index (Phi) is 12.2. The molecule has 0 bridgehead atoms. The Hall–Kier alpha value is -3.83. The highest BCUT2D eigenvalue weighted by Gasteiger charge is 2.39. The Morgan fingerprint density at radius 1 is 1.00 bits per heavy atom. The van der Waals surface area contributed by atoms with Crippen molar-refractivity contribution in [2.24, 2.45) is 0 Å². The van der Waals surface area contributed by atoms with Crippen molar-refractivity contribution in [2.45, 2.75) is 52.5 Å². The molecule has 2 N–H and O–H groups in total. The number of carbonyl (C=O) groups excluding carboxylic acids is 2. The first kappa shape index (κ1) is 33.7. The van der Waals surface area contributed by atoms with Gasteiger partial charge in [-0.05, 0) is 51.7 Å². The number of nitro benzene ring substituents is 1. The summed E-state index contributed by atoms with van der Waals surface area (Å²) in [6, 6.07) is 14.6. The summed E-state index contributed by atoms with van der Waals surface area (Å²) in [7, 11) is -2.46. The molecule has 2 aromatic carbocycles. The van der Waals surface area contributed by atoms with E-state index in [1.807, 2.05) is 30.3 Å². The highest BCUT2D eigenvalue weighted by Crippen LogP contribution is 2.47. The number of rotatable bonds is 15. The van der Waals surface area contributed by atoms with Crippen LogP contribution in [0.25, 0.3) is 0 Å². The van der Waals surface area contributed by atoms with Gasteiger partial charge in [0.1, 0.15) is 0 Å². The molecule has 1 heterocycles. The number of benzene rings is 2.